The molecule has 0 aliphatic heterocycles. The van der Waals surface area contributed by atoms with Gasteiger partial charge in [0, 0.05) is 10.0 Å². The summed E-state index contributed by atoms with van der Waals surface area (Å²) in [5.41, 5.74) is 1.51. The Morgan fingerprint density at radius 2 is 1.76 bits per heavy atom. The van der Waals surface area contributed by atoms with E-state index in [-0.39, 0.29) is 4.77 Å². The van der Waals surface area contributed by atoms with Crippen molar-refractivity contribution >= 4 is 45.0 Å². The number of ether oxygens (including phenoxy) is 1. The molecule has 0 spiro atoms. The van der Waals surface area contributed by atoms with Crippen LogP contribution in [0.15, 0.2) is 82.1 Å². The van der Waals surface area contributed by atoms with E-state index < -0.39 is 11.5 Å². The topological polar surface area (TPSA) is 64.1 Å². The molecule has 0 amide bonds. The summed E-state index contributed by atoms with van der Waals surface area (Å²) in [6.45, 7) is 0.429. The van der Waals surface area contributed by atoms with E-state index in [9.17, 15) is 9.59 Å². The van der Waals surface area contributed by atoms with Crippen molar-refractivity contribution in [1.29, 1.82) is 0 Å². The molecule has 0 fully saturated rings. The Balaban J connectivity index is 1.61. The molecule has 1 aromatic heterocycles. The van der Waals surface area contributed by atoms with Gasteiger partial charge in [0.2, 0.25) is 0 Å². The Morgan fingerprint density at radius 1 is 1.03 bits per heavy atom. The van der Waals surface area contributed by atoms with Gasteiger partial charge < -0.3 is 9.72 Å². The van der Waals surface area contributed by atoms with Crippen LogP contribution < -0.4 is 10.3 Å². The van der Waals surface area contributed by atoms with Crippen molar-refractivity contribution < 1.29 is 9.53 Å². The van der Waals surface area contributed by atoms with Crippen molar-refractivity contribution in [3.63, 3.8) is 0 Å². The zero-order valence-corrected chi connectivity index (χ0v) is 17.5. The van der Waals surface area contributed by atoms with Gasteiger partial charge in [-0.15, -0.1) is 0 Å². The highest BCUT2D eigenvalue weighted by molar-refractivity contribution is 9.10. The first-order valence-electron chi connectivity index (χ1n) is 8.79. The number of aromatic nitrogens is 2. The van der Waals surface area contributed by atoms with Crippen molar-refractivity contribution in [3.8, 4) is 5.75 Å². The highest BCUT2D eigenvalue weighted by Gasteiger charge is 2.15. The van der Waals surface area contributed by atoms with Crippen LogP contribution in [0.3, 0.4) is 0 Å². The lowest BCUT2D eigenvalue weighted by atomic mass is 10.2. The van der Waals surface area contributed by atoms with Crippen LogP contribution in [0.4, 0.5) is 0 Å². The molecule has 144 valence electrons. The number of halogens is 1. The molecule has 1 heterocycles. The summed E-state index contributed by atoms with van der Waals surface area (Å²) >= 11 is 8.59. The summed E-state index contributed by atoms with van der Waals surface area (Å²) in [7, 11) is 0. The average Bonchev–Trinajstić information content (AvgIpc) is 2.74. The van der Waals surface area contributed by atoms with Crippen LogP contribution in [0.25, 0.3) is 10.9 Å². The van der Waals surface area contributed by atoms with Crippen molar-refractivity contribution in [3.05, 3.63) is 104 Å². The van der Waals surface area contributed by atoms with E-state index in [0.29, 0.717) is 28.8 Å². The Kier molecular flexibility index (Phi) is 5.42. The molecule has 3 aromatic carbocycles. The predicted molar refractivity (Wildman–Crippen MR) is 118 cm³/mol. The Bertz CT molecular complexity index is 1310. The van der Waals surface area contributed by atoms with Gasteiger partial charge in [-0.25, -0.2) is 4.57 Å². The van der Waals surface area contributed by atoms with Gasteiger partial charge in [0.05, 0.1) is 10.9 Å². The van der Waals surface area contributed by atoms with Gasteiger partial charge >= 0.3 is 0 Å². The van der Waals surface area contributed by atoms with E-state index >= 15 is 0 Å². The fourth-order valence-corrected chi connectivity index (χ4v) is 3.57. The highest BCUT2D eigenvalue weighted by atomic mass is 79.9. The Hall–Kier alpha value is -3.03. The fraction of sp³-hybridized carbons (Fsp3) is 0.0455. The lowest BCUT2D eigenvalue weighted by molar-refractivity contribution is 0.0953. The number of benzene rings is 3. The molecule has 0 radical (unpaired) electrons. The largest absolute Gasteiger partial charge is 0.489 e. The lowest BCUT2D eigenvalue weighted by Gasteiger charge is -2.09. The molecule has 0 saturated heterocycles. The molecule has 1 N–H and O–H groups in total. The maximum atomic E-state index is 12.9. The van der Waals surface area contributed by atoms with Crippen LogP contribution in [-0.2, 0) is 6.61 Å². The van der Waals surface area contributed by atoms with Gasteiger partial charge in [0.15, 0.2) is 4.77 Å². The first kappa shape index (κ1) is 19.3. The van der Waals surface area contributed by atoms with Crippen LogP contribution in [0.2, 0.25) is 0 Å². The highest BCUT2D eigenvalue weighted by Crippen LogP contribution is 2.17. The third-order valence-electron chi connectivity index (χ3n) is 4.41. The number of aromatic amines is 1. The Morgan fingerprint density at radius 3 is 2.48 bits per heavy atom. The molecule has 4 aromatic rings. The van der Waals surface area contributed by atoms with Crippen LogP contribution in [-0.4, -0.2) is 15.5 Å². The van der Waals surface area contributed by atoms with E-state index in [2.05, 4.69) is 20.9 Å². The van der Waals surface area contributed by atoms with Crippen LogP contribution in [0, 0.1) is 4.77 Å². The number of hydrogen-bond acceptors (Lipinski definition) is 4. The number of nitrogens with zero attached hydrogens (tertiary/aromatic N) is 1. The predicted octanol–water partition coefficient (Wildman–Crippen LogP) is 5.09. The molecule has 0 atom stereocenters. The quantitative estimate of drug-likeness (QED) is 0.425. The molecule has 4 rings (SSSR count). The summed E-state index contributed by atoms with van der Waals surface area (Å²) in [5.74, 6) is 0.137. The normalized spacial score (nSPS) is 10.8. The standard InChI is InChI=1S/C22H15BrN2O3S/c23-16-8-11-19-18(12-16)21(27)25(22(29)24-19)20(26)15-6-9-17(10-7-15)28-13-14-4-2-1-3-5-14/h1-12H,13H2,(H,24,29). The van der Waals surface area contributed by atoms with Crippen LogP contribution >= 0.6 is 28.1 Å². The van der Waals surface area contributed by atoms with E-state index in [1.807, 2.05) is 30.3 Å². The zero-order valence-electron chi connectivity index (χ0n) is 15.1. The third-order valence-corrected chi connectivity index (χ3v) is 5.19. The molecule has 0 aliphatic carbocycles. The molecular weight excluding hydrogens is 452 g/mol. The van der Waals surface area contributed by atoms with E-state index in [0.717, 1.165) is 14.6 Å². The van der Waals surface area contributed by atoms with Gasteiger partial charge in [0.1, 0.15) is 12.4 Å². The SMILES string of the molecule is O=C(c1ccc(OCc2ccccc2)cc1)n1c(=S)[nH]c2ccc(Br)cc2c1=O. The molecule has 29 heavy (non-hydrogen) atoms. The Labute approximate surface area is 179 Å². The molecule has 5 nitrogen and oxygen atoms in total. The molecule has 0 bridgehead atoms. The third kappa shape index (κ3) is 4.06. The van der Waals surface area contributed by atoms with E-state index in [1.165, 1.54) is 0 Å². The molecule has 0 saturated carbocycles. The molecule has 0 unspecified atom stereocenters. The summed E-state index contributed by atoms with van der Waals surface area (Å²) in [6.07, 6.45) is 0. The maximum absolute atomic E-state index is 12.9. The second-order valence-corrected chi connectivity index (χ2v) is 7.67. The summed E-state index contributed by atoms with van der Waals surface area (Å²) < 4.78 is 7.51. The number of fused-ring (bicyclic) bond motifs is 1. The second-order valence-electron chi connectivity index (χ2n) is 6.36. The minimum absolute atomic E-state index is 0.0548. The second kappa shape index (κ2) is 8.14. The van der Waals surface area contributed by atoms with Crippen molar-refractivity contribution in [2.24, 2.45) is 0 Å². The number of nitrogens with one attached hydrogen (secondary N) is 1. The minimum Gasteiger partial charge on any atom is -0.489 e. The van der Waals surface area contributed by atoms with Crippen LogP contribution in [0.5, 0.6) is 5.75 Å². The molecular formula is C22H15BrN2O3S. The summed E-state index contributed by atoms with van der Waals surface area (Å²) in [4.78, 5) is 28.7. The first-order valence-corrected chi connectivity index (χ1v) is 9.99. The van der Waals surface area contributed by atoms with Gasteiger partial charge in [-0.05, 0) is 60.2 Å². The molecule has 0 aliphatic rings. The minimum atomic E-state index is -0.493. The zero-order chi connectivity index (χ0) is 20.4. The maximum Gasteiger partial charge on any atom is 0.269 e. The summed E-state index contributed by atoms with van der Waals surface area (Å²) in [6, 6.07) is 21.6. The van der Waals surface area contributed by atoms with Crippen LogP contribution in [0.1, 0.15) is 15.9 Å². The first-order chi connectivity index (χ1) is 14.0. The van der Waals surface area contributed by atoms with Gasteiger partial charge in [-0.1, -0.05) is 46.3 Å². The van der Waals surface area contributed by atoms with E-state index in [1.54, 1.807) is 42.5 Å². The lowest BCUT2D eigenvalue weighted by Crippen LogP contribution is -2.29. The van der Waals surface area contributed by atoms with Gasteiger partial charge in [-0.2, -0.15) is 0 Å². The van der Waals surface area contributed by atoms with Crippen molar-refractivity contribution in [1.82, 2.24) is 9.55 Å². The summed E-state index contributed by atoms with van der Waals surface area (Å²) in [5, 5.41) is 0.379. The van der Waals surface area contributed by atoms with Gasteiger partial charge in [0.25, 0.3) is 11.5 Å². The number of H-pyrrole nitrogens is 1. The van der Waals surface area contributed by atoms with Crippen molar-refractivity contribution in [2.45, 2.75) is 6.61 Å². The fourth-order valence-electron chi connectivity index (χ4n) is 2.93. The monoisotopic (exact) mass is 466 g/mol. The van der Waals surface area contributed by atoms with Gasteiger partial charge in [-0.3, -0.25) is 9.59 Å². The average molecular weight is 467 g/mol. The number of carbonyl (C=O) groups excluding carboxylic acids is 1. The molecule has 7 heteroatoms. The number of rotatable bonds is 4. The number of hydrogen-bond donors (Lipinski definition) is 1. The smallest absolute Gasteiger partial charge is 0.269 e. The van der Waals surface area contributed by atoms with Crippen molar-refractivity contribution in [2.75, 3.05) is 0 Å². The van der Waals surface area contributed by atoms with E-state index in [4.69, 9.17) is 17.0 Å². The number of carbonyl (C=O) groups is 1.